The molecule has 0 aliphatic carbocycles. The molecular formula is C16H14Cl2O3. The lowest BCUT2D eigenvalue weighted by Gasteiger charge is -2.13. The average Bonchev–Trinajstić information content (AvgIpc) is 2.43. The third kappa shape index (κ3) is 3.31. The average molecular weight is 325 g/mol. The van der Waals surface area contributed by atoms with Crippen LogP contribution in [-0.4, -0.2) is 17.7 Å². The van der Waals surface area contributed by atoms with Gasteiger partial charge in [0.25, 0.3) is 0 Å². The number of halogens is 2. The molecule has 1 N–H and O–H groups in total. The smallest absolute Gasteiger partial charge is 0.335 e. The van der Waals surface area contributed by atoms with Gasteiger partial charge in [-0.15, -0.1) is 0 Å². The third-order valence-electron chi connectivity index (χ3n) is 3.10. The lowest BCUT2D eigenvalue weighted by Crippen LogP contribution is -1.98. The molecule has 0 heterocycles. The first-order valence-electron chi connectivity index (χ1n) is 6.40. The normalized spacial score (nSPS) is 10.5. The molecule has 2 rings (SSSR count). The molecule has 0 radical (unpaired) electrons. The molecule has 2 aromatic rings. The van der Waals surface area contributed by atoms with Crippen LogP contribution in [0.5, 0.6) is 5.75 Å². The maximum Gasteiger partial charge on any atom is 0.335 e. The van der Waals surface area contributed by atoms with Crippen molar-refractivity contribution in [1.82, 2.24) is 0 Å². The van der Waals surface area contributed by atoms with E-state index in [1.54, 1.807) is 30.3 Å². The summed E-state index contributed by atoms with van der Waals surface area (Å²) in [7, 11) is 0. The second-order valence-corrected chi connectivity index (χ2v) is 5.34. The Balaban J connectivity index is 2.59. The van der Waals surface area contributed by atoms with Gasteiger partial charge < -0.3 is 9.84 Å². The van der Waals surface area contributed by atoms with Crippen molar-refractivity contribution in [1.29, 1.82) is 0 Å². The maximum atomic E-state index is 11.1. The number of carbonyl (C=O) groups is 1. The molecule has 0 saturated heterocycles. The molecule has 3 nitrogen and oxygen atoms in total. The summed E-state index contributed by atoms with van der Waals surface area (Å²) < 4.78 is 5.39. The summed E-state index contributed by atoms with van der Waals surface area (Å²) in [6.07, 6.45) is 0. The molecule has 0 aliphatic heterocycles. The van der Waals surface area contributed by atoms with Gasteiger partial charge in [0.2, 0.25) is 0 Å². The molecule has 0 saturated carbocycles. The van der Waals surface area contributed by atoms with Gasteiger partial charge in [0, 0.05) is 11.6 Å². The molecule has 0 spiro atoms. The summed E-state index contributed by atoms with van der Waals surface area (Å²) >= 11 is 12.5. The zero-order chi connectivity index (χ0) is 15.6. The summed E-state index contributed by atoms with van der Waals surface area (Å²) in [6.45, 7) is 4.24. The van der Waals surface area contributed by atoms with Crippen LogP contribution in [-0.2, 0) is 0 Å². The highest BCUT2D eigenvalue weighted by atomic mass is 35.5. The van der Waals surface area contributed by atoms with Gasteiger partial charge in [0.15, 0.2) is 0 Å². The minimum absolute atomic E-state index is 0.205. The monoisotopic (exact) mass is 324 g/mol. The lowest BCUT2D eigenvalue weighted by molar-refractivity contribution is 0.0697. The van der Waals surface area contributed by atoms with E-state index in [4.69, 9.17) is 33.0 Å². The molecule has 110 valence electrons. The minimum atomic E-state index is -0.982. The molecule has 5 heteroatoms. The van der Waals surface area contributed by atoms with Gasteiger partial charge in [-0.1, -0.05) is 29.3 Å². The number of hydrogen-bond donors (Lipinski definition) is 1. The Morgan fingerprint density at radius 3 is 2.48 bits per heavy atom. The van der Waals surface area contributed by atoms with Crippen LogP contribution in [0.4, 0.5) is 0 Å². The first kappa shape index (κ1) is 15.7. The number of rotatable bonds is 4. The third-order valence-corrected chi connectivity index (χ3v) is 3.70. The zero-order valence-corrected chi connectivity index (χ0v) is 13.1. The summed E-state index contributed by atoms with van der Waals surface area (Å²) in [5, 5.41) is 10.0. The van der Waals surface area contributed by atoms with E-state index in [1.165, 1.54) is 0 Å². The molecular weight excluding hydrogens is 311 g/mol. The number of ether oxygens (including phenoxy) is 1. The highest BCUT2D eigenvalue weighted by molar-refractivity contribution is 6.36. The van der Waals surface area contributed by atoms with Crippen molar-refractivity contribution in [3.63, 3.8) is 0 Å². The fraction of sp³-hybridized carbons (Fsp3) is 0.188. The predicted octanol–water partition coefficient (Wildman–Crippen LogP) is 5.07. The van der Waals surface area contributed by atoms with Gasteiger partial charge in [-0.25, -0.2) is 4.79 Å². The van der Waals surface area contributed by atoms with Crippen LogP contribution in [0.3, 0.4) is 0 Å². The van der Waals surface area contributed by atoms with Crippen LogP contribution in [0, 0.1) is 6.92 Å². The Morgan fingerprint density at radius 1 is 1.14 bits per heavy atom. The van der Waals surface area contributed by atoms with Gasteiger partial charge in [0.05, 0.1) is 22.2 Å². The van der Waals surface area contributed by atoms with E-state index in [0.717, 1.165) is 11.1 Å². The molecule has 0 atom stereocenters. The zero-order valence-electron chi connectivity index (χ0n) is 11.6. The standard InChI is InChI=1S/C16H14Cl2O3/c1-3-21-15-8-13(17)12(7-14(15)18)11-6-10(16(19)20)5-4-9(11)2/h4-8H,3H2,1-2H3,(H,19,20). The number of carboxylic acid groups (broad SMARTS) is 1. The maximum absolute atomic E-state index is 11.1. The van der Waals surface area contributed by atoms with Gasteiger partial charge in [-0.2, -0.15) is 0 Å². The summed E-state index contributed by atoms with van der Waals surface area (Å²) in [4.78, 5) is 11.1. The Labute approximate surface area is 133 Å². The van der Waals surface area contributed by atoms with Crippen LogP contribution in [0.1, 0.15) is 22.8 Å². The number of aromatic carboxylic acids is 1. The van der Waals surface area contributed by atoms with Crippen molar-refractivity contribution in [2.45, 2.75) is 13.8 Å². The fourth-order valence-electron chi connectivity index (χ4n) is 2.05. The molecule has 0 bridgehead atoms. The Kier molecular flexibility index (Phi) is 4.76. The highest BCUT2D eigenvalue weighted by Gasteiger charge is 2.14. The van der Waals surface area contributed by atoms with Crippen LogP contribution in [0.25, 0.3) is 11.1 Å². The van der Waals surface area contributed by atoms with Crippen molar-refractivity contribution >= 4 is 29.2 Å². The van der Waals surface area contributed by atoms with E-state index in [2.05, 4.69) is 0 Å². The molecule has 0 amide bonds. The van der Waals surface area contributed by atoms with E-state index in [-0.39, 0.29) is 5.56 Å². The van der Waals surface area contributed by atoms with Crippen LogP contribution in [0.2, 0.25) is 10.0 Å². The van der Waals surface area contributed by atoms with E-state index in [9.17, 15) is 4.79 Å². The number of hydrogen-bond acceptors (Lipinski definition) is 2. The van der Waals surface area contributed by atoms with Crippen LogP contribution in [0.15, 0.2) is 30.3 Å². The molecule has 21 heavy (non-hydrogen) atoms. The van der Waals surface area contributed by atoms with Gasteiger partial charge in [0.1, 0.15) is 5.75 Å². The largest absolute Gasteiger partial charge is 0.492 e. The van der Waals surface area contributed by atoms with Crippen LogP contribution < -0.4 is 4.74 Å². The second kappa shape index (κ2) is 6.37. The first-order valence-corrected chi connectivity index (χ1v) is 7.15. The van der Waals surface area contributed by atoms with Crippen LogP contribution >= 0.6 is 23.2 Å². The van der Waals surface area contributed by atoms with Crippen molar-refractivity contribution in [2.24, 2.45) is 0 Å². The molecule has 0 aromatic heterocycles. The van der Waals surface area contributed by atoms with Crippen molar-refractivity contribution in [3.8, 4) is 16.9 Å². The SMILES string of the molecule is CCOc1cc(Cl)c(-c2cc(C(=O)O)ccc2C)cc1Cl. The Hall–Kier alpha value is -1.71. The summed E-state index contributed by atoms with van der Waals surface area (Å²) in [6, 6.07) is 8.25. The van der Waals surface area contributed by atoms with Crippen molar-refractivity contribution in [3.05, 3.63) is 51.5 Å². The molecule has 0 aliphatic rings. The second-order valence-electron chi connectivity index (χ2n) is 4.53. The van der Waals surface area contributed by atoms with E-state index in [1.807, 2.05) is 13.8 Å². The summed E-state index contributed by atoms with van der Waals surface area (Å²) in [5.74, 6) is -0.468. The topological polar surface area (TPSA) is 46.5 Å². The van der Waals surface area contributed by atoms with Gasteiger partial charge in [-0.05, 0) is 43.2 Å². The summed E-state index contributed by atoms with van der Waals surface area (Å²) in [5.41, 5.74) is 2.55. The van der Waals surface area contributed by atoms with Gasteiger partial charge in [-0.3, -0.25) is 0 Å². The Morgan fingerprint density at radius 2 is 1.86 bits per heavy atom. The van der Waals surface area contributed by atoms with E-state index < -0.39 is 5.97 Å². The van der Waals surface area contributed by atoms with Crippen molar-refractivity contribution in [2.75, 3.05) is 6.61 Å². The number of aryl methyl sites for hydroxylation is 1. The van der Waals surface area contributed by atoms with Crippen molar-refractivity contribution < 1.29 is 14.6 Å². The van der Waals surface area contributed by atoms with Gasteiger partial charge >= 0.3 is 5.97 Å². The predicted molar refractivity (Wildman–Crippen MR) is 84.8 cm³/mol. The molecule has 2 aromatic carbocycles. The fourth-order valence-corrected chi connectivity index (χ4v) is 2.52. The van der Waals surface area contributed by atoms with E-state index >= 15 is 0 Å². The van der Waals surface area contributed by atoms with E-state index in [0.29, 0.717) is 28.0 Å². The first-order chi connectivity index (χ1) is 9.93. The number of carboxylic acids is 1. The Bertz CT molecular complexity index is 696. The molecule has 0 unspecified atom stereocenters. The quantitative estimate of drug-likeness (QED) is 0.854. The minimum Gasteiger partial charge on any atom is -0.492 e. The highest BCUT2D eigenvalue weighted by Crippen LogP contribution is 2.38. The lowest BCUT2D eigenvalue weighted by atomic mass is 9.98. The number of benzene rings is 2. The molecule has 0 fully saturated rings.